The Morgan fingerprint density at radius 2 is 1.31 bits per heavy atom. The van der Waals surface area contributed by atoms with Gasteiger partial charge in [0.15, 0.2) is 0 Å². The van der Waals surface area contributed by atoms with Crippen molar-refractivity contribution in [3.63, 3.8) is 0 Å². The van der Waals surface area contributed by atoms with E-state index >= 15 is 0 Å². The van der Waals surface area contributed by atoms with E-state index in [2.05, 4.69) is 21.3 Å². The van der Waals surface area contributed by atoms with Gasteiger partial charge in [0, 0.05) is 23.6 Å². The molecule has 0 aliphatic rings. The third kappa shape index (κ3) is 6.66. The average molecular weight is 392 g/mol. The zero-order chi connectivity index (χ0) is 20.5. The predicted molar refractivity (Wildman–Crippen MR) is 113 cm³/mol. The lowest BCUT2D eigenvalue weighted by Gasteiger charge is -2.11. The second-order valence-electron chi connectivity index (χ2n) is 6.29. The second kappa shape index (κ2) is 9.89. The predicted octanol–water partition coefficient (Wildman–Crippen LogP) is 4.83. The number of nitrogens with one attached hydrogen (secondary N) is 4. The van der Waals surface area contributed by atoms with Crippen LogP contribution in [0.2, 0.25) is 0 Å². The molecule has 0 saturated carbocycles. The minimum Gasteiger partial charge on any atom is -0.338 e. The van der Waals surface area contributed by atoms with Gasteiger partial charge in [-0.3, -0.25) is 0 Å². The van der Waals surface area contributed by atoms with Crippen LogP contribution in [0.25, 0.3) is 0 Å². The van der Waals surface area contributed by atoms with Crippen molar-refractivity contribution in [2.45, 2.75) is 6.42 Å². The highest BCUT2D eigenvalue weighted by Crippen LogP contribution is 2.15. The highest BCUT2D eigenvalue weighted by molar-refractivity contribution is 6.00. The molecule has 4 amide bonds. The van der Waals surface area contributed by atoms with Crippen molar-refractivity contribution in [1.82, 2.24) is 5.32 Å². The van der Waals surface area contributed by atoms with Crippen LogP contribution in [0.5, 0.6) is 0 Å². The van der Waals surface area contributed by atoms with E-state index in [9.17, 15) is 14.0 Å². The quantitative estimate of drug-likeness (QED) is 0.484. The Morgan fingerprint density at radius 3 is 2.03 bits per heavy atom. The summed E-state index contributed by atoms with van der Waals surface area (Å²) in [6.45, 7) is 0.368. The summed E-state index contributed by atoms with van der Waals surface area (Å²) >= 11 is 0. The van der Waals surface area contributed by atoms with Gasteiger partial charge in [0.2, 0.25) is 0 Å². The molecule has 148 valence electrons. The lowest BCUT2D eigenvalue weighted by atomic mass is 10.1. The summed E-state index contributed by atoms with van der Waals surface area (Å²) in [6, 6.07) is 21.4. The molecule has 0 aromatic heterocycles. The van der Waals surface area contributed by atoms with Crippen LogP contribution in [-0.4, -0.2) is 18.6 Å². The average Bonchev–Trinajstić information content (AvgIpc) is 2.69. The lowest BCUT2D eigenvalue weighted by Crippen LogP contribution is -2.30. The van der Waals surface area contributed by atoms with Gasteiger partial charge in [0.25, 0.3) is 0 Å². The number of carbonyl (C=O) groups is 2. The van der Waals surface area contributed by atoms with Crippen LogP contribution < -0.4 is 21.3 Å². The summed E-state index contributed by atoms with van der Waals surface area (Å²) < 4.78 is 13.2. The monoisotopic (exact) mass is 392 g/mol. The maximum Gasteiger partial charge on any atom is 0.323 e. The van der Waals surface area contributed by atoms with Crippen molar-refractivity contribution in [2.24, 2.45) is 0 Å². The van der Waals surface area contributed by atoms with Crippen LogP contribution in [0.15, 0.2) is 78.9 Å². The van der Waals surface area contributed by atoms with Crippen molar-refractivity contribution in [3.8, 4) is 0 Å². The third-order valence-electron chi connectivity index (χ3n) is 4.00. The van der Waals surface area contributed by atoms with Crippen molar-refractivity contribution in [1.29, 1.82) is 0 Å². The van der Waals surface area contributed by atoms with Gasteiger partial charge in [-0.15, -0.1) is 0 Å². The van der Waals surface area contributed by atoms with E-state index in [0.29, 0.717) is 30.0 Å². The SMILES string of the molecule is O=C(NCCc1cccc(F)c1)Nc1cccc(NC(=O)Nc2ccccc2)c1. The standard InChI is InChI=1S/C22H21FN4O2/c23-17-7-4-6-16(14-17)12-13-24-21(28)26-19-10-5-11-20(15-19)27-22(29)25-18-8-2-1-3-9-18/h1-11,14-15H,12-13H2,(H2,24,26,28)(H2,25,27,29). The summed E-state index contributed by atoms with van der Waals surface area (Å²) in [5, 5.41) is 10.9. The van der Waals surface area contributed by atoms with Gasteiger partial charge in [-0.1, -0.05) is 36.4 Å². The summed E-state index contributed by atoms with van der Waals surface area (Å²) in [5.74, 6) is -0.299. The normalized spacial score (nSPS) is 10.1. The largest absolute Gasteiger partial charge is 0.338 e. The number of hydrogen-bond acceptors (Lipinski definition) is 2. The molecule has 29 heavy (non-hydrogen) atoms. The van der Waals surface area contributed by atoms with Gasteiger partial charge >= 0.3 is 12.1 Å². The fourth-order valence-electron chi connectivity index (χ4n) is 2.68. The topological polar surface area (TPSA) is 82.3 Å². The fraction of sp³-hybridized carbons (Fsp3) is 0.0909. The molecule has 0 atom stereocenters. The van der Waals surface area contributed by atoms with E-state index < -0.39 is 0 Å². The Morgan fingerprint density at radius 1 is 0.690 bits per heavy atom. The number of rotatable bonds is 6. The molecule has 0 spiro atoms. The molecule has 0 bridgehead atoms. The number of urea groups is 2. The molecule has 0 radical (unpaired) electrons. The number of carbonyl (C=O) groups excluding carboxylic acids is 2. The maximum atomic E-state index is 13.2. The molecular weight excluding hydrogens is 371 g/mol. The summed E-state index contributed by atoms with van der Waals surface area (Å²) in [4.78, 5) is 24.1. The van der Waals surface area contributed by atoms with Crippen molar-refractivity contribution < 1.29 is 14.0 Å². The number of amides is 4. The zero-order valence-corrected chi connectivity index (χ0v) is 15.6. The highest BCUT2D eigenvalue weighted by atomic mass is 19.1. The maximum absolute atomic E-state index is 13.2. The fourth-order valence-corrected chi connectivity index (χ4v) is 2.68. The molecule has 0 aliphatic heterocycles. The number of hydrogen-bond donors (Lipinski definition) is 4. The van der Waals surface area contributed by atoms with Crippen LogP contribution in [0.3, 0.4) is 0 Å². The van der Waals surface area contributed by atoms with E-state index in [1.165, 1.54) is 12.1 Å². The third-order valence-corrected chi connectivity index (χ3v) is 4.00. The van der Waals surface area contributed by atoms with E-state index in [-0.39, 0.29) is 17.9 Å². The summed E-state index contributed by atoms with van der Waals surface area (Å²) in [5.41, 5.74) is 2.56. The van der Waals surface area contributed by atoms with E-state index in [1.54, 1.807) is 48.5 Å². The first-order chi connectivity index (χ1) is 14.1. The molecule has 0 heterocycles. The Bertz CT molecular complexity index is 979. The molecule has 0 aliphatic carbocycles. The summed E-state index contributed by atoms with van der Waals surface area (Å²) in [6.07, 6.45) is 0.520. The first kappa shape index (κ1) is 19.9. The van der Waals surface area contributed by atoms with E-state index in [1.807, 2.05) is 18.2 Å². The molecule has 4 N–H and O–H groups in total. The van der Waals surface area contributed by atoms with Gasteiger partial charge in [-0.2, -0.15) is 0 Å². The highest BCUT2D eigenvalue weighted by Gasteiger charge is 2.05. The van der Waals surface area contributed by atoms with Gasteiger partial charge in [-0.25, -0.2) is 14.0 Å². The van der Waals surface area contributed by atoms with Crippen LogP contribution in [0.4, 0.5) is 31.0 Å². The summed E-state index contributed by atoms with van der Waals surface area (Å²) in [7, 11) is 0. The minimum atomic E-state index is -0.382. The molecule has 6 nitrogen and oxygen atoms in total. The van der Waals surface area contributed by atoms with Gasteiger partial charge in [0.05, 0.1) is 0 Å². The molecule has 3 aromatic carbocycles. The van der Waals surface area contributed by atoms with Crippen LogP contribution in [-0.2, 0) is 6.42 Å². The Kier molecular flexibility index (Phi) is 6.78. The molecule has 3 aromatic rings. The van der Waals surface area contributed by atoms with Crippen molar-refractivity contribution in [2.75, 3.05) is 22.5 Å². The van der Waals surface area contributed by atoms with Crippen molar-refractivity contribution >= 4 is 29.1 Å². The number of benzene rings is 3. The minimum absolute atomic E-state index is 0.299. The van der Waals surface area contributed by atoms with Crippen LogP contribution in [0, 0.1) is 5.82 Å². The van der Waals surface area contributed by atoms with Gasteiger partial charge < -0.3 is 21.3 Å². The molecule has 7 heteroatoms. The van der Waals surface area contributed by atoms with Gasteiger partial charge in [0.1, 0.15) is 5.82 Å². The Labute approximate surface area is 168 Å². The van der Waals surface area contributed by atoms with Crippen molar-refractivity contribution in [3.05, 3.63) is 90.2 Å². The number of para-hydroxylation sites is 1. The number of anilines is 3. The Balaban J connectivity index is 1.47. The zero-order valence-electron chi connectivity index (χ0n) is 15.6. The molecular formula is C22H21FN4O2. The second-order valence-corrected chi connectivity index (χ2v) is 6.29. The number of halogens is 1. The first-order valence-corrected chi connectivity index (χ1v) is 9.11. The van der Waals surface area contributed by atoms with Crippen LogP contribution >= 0.6 is 0 Å². The van der Waals surface area contributed by atoms with E-state index in [4.69, 9.17) is 0 Å². The smallest absolute Gasteiger partial charge is 0.323 e. The molecule has 3 rings (SSSR count). The Hall–Kier alpha value is -3.87. The lowest BCUT2D eigenvalue weighted by molar-refractivity contribution is 0.252. The molecule has 0 fully saturated rings. The molecule has 0 unspecified atom stereocenters. The first-order valence-electron chi connectivity index (χ1n) is 9.11. The van der Waals surface area contributed by atoms with Crippen LogP contribution in [0.1, 0.15) is 5.56 Å². The van der Waals surface area contributed by atoms with E-state index in [0.717, 1.165) is 5.56 Å². The van der Waals surface area contributed by atoms with Gasteiger partial charge in [-0.05, 0) is 54.4 Å². The molecule has 0 saturated heterocycles.